The van der Waals surface area contributed by atoms with Crippen molar-refractivity contribution in [1.82, 2.24) is 10.3 Å². The molecule has 100 valence electrons. The molecule has 0 bridgehead atoms. The molecule has 0 aliphatic heterocycles. The van der Waals surface area contributed by atoms with Crippen LogP contribution in [-0.2, 0) is 4.79 Å². The third-order valence-corrected chi connectivity index (χ3v) is 3.44. The summed E-state index contributed by atoms with van der Waals surface area (Å²) in [6.45, 7) is 3.78. The SMILES string of the molecule is CC(C)NC(=O)C(Cl)c1ccc(Cl)c2cccnc12. The minimum atomic E-state index is -0.780. The fourth-order valence-corrected chi connectivity index (χ4v) is 2.32. The molecule has 5 heteroatoms. The van der Waals surface area contributed by atoms with Crippen LogP contribution in [0.3, 0.4) is 0 Å². The maximum Gasteiger partial charge on any atom is 0.242 e. The summed E-state index contributed by atoms with van der Waals surface area (Å²) in [5.74, 6) is -0.231. The van der Waals surface area contributed by atoms with E-state index in [9.17, 15) is 4.79 Å². The van der Waals surface area contributed by atoms with Crippen molar-refractivity contribution in [2.75, 3.05) is 0 Å². The van der Waals surface area contributed by atoms with Crippen molar-refractivity contribution in [3.63, 3.8) is 0 Å². The lowest BCUT2D eigenvalue weighted by atomic mass is 10.1. The lowest BCUT2D eigenvalue weighted by Crippen LogP contribution is -2.32. The summed E-state index contributed by atoms with van der Waals surface area (Å²) in [5.41, 5.74) is 1.33. The first-order chi connectivity index (χ1) is 9.00. The van der Waals surface area contributed by atoms with Crippen LogP contribution >= 0.6 is 23.2 Å². The second kappa shape index (κ2) is 5.76. The number of hydrogen-bond donors (Lipinski definition) is 1. The first-order valence-corrected chi connectivity index (χ1v) is 6.79. The van der Waals surface area contributed by atoms with E-state index in [1.807, 2.05) is 19.9 Å². The Morgan fingerprint density at radius 2 is 2.05 bits per heavy atom. The Bertz CT molecular complexity index is 613. The molecule has 0 saturated heterocycles. The zero-order valence-electron chi connectivity index (χ0n) is 10.7. The Hall–Kier alpha value is -1.32. The summed E-state index contributed by atoms with van der Waals surface area (Å²) in [4.78, 5) is 16.3. The van der Waals surface area contributed by atoms with Gasteiger partial charge in [0.2, 0.25) is 5.91 Å². The molecule has 1 aromatic heterocycles. The minimum Gasteiger partial charge on any atom is -0.352 e. The van der Waals surface area contributed by atoms with E-state index in [1.165, 1.54) is 0 Å². The molecule has 0 radical (unpaired) electrons. The Kier molecular flexibility index (Phi) is 4.27. The van der Waals surface area contributed by atoms with Crippen LogP contribution in [0.25, 0.3) is 10.9 Å². The standard InChI is InChI=1S/C14H14Cl2N2O/c1-8(2)18-14(19)12(16)10-5-6-11(15)9-4-3-7-17-13(9)10/h3-8,12H,1-2H3,(H,18,19). The fraction of sp³-hybridized carbons (Fsp3) is 0.286. The van der Waals surface area contributed by atoms with E-state index in [1.54, 1.807) is 24.4 Å². The Morgan fingerprint density at radius 3 is 2.74 bits per heavy atom. The van der Waals surface area contributed by atoms with Gasteiger partial charge in [0.05, 0.1) is 5.52 Å². The number of nitrogens with one attached hydrogen (secondary N) is 1. The number of benzene rings is 1. The maximum absolute atomic E-state index is 12.0. The topological polar surface area (TPSA) is 42.0 Å². The van der Waals surface area contributed by atoms with Gasteiger partial charge in [-0.3, -0.25) is 9.78 Å². The number of aromatic nitrogens is 1. The van der Waals surface area contributed by atoms with Gasteiger partial charge in [-0.25, -0.2) is 0 Å². The van der Waals surface area contributed by atoms with Gasteiger partial charge in [-0.2, -0.15) is 0 Å². The van der Waals surface area contributed by atoms with Crippen LogP contribution in [0.4, 0.5) is 0 Å². The minimum absolute atomic E-state index is 0.0419. The predicted octanol–water partition coefficient (Wildman–Crippen LogP) is 3.69. The molecule has 1 N–H and O–H groups in total. The highest BCUT2D eigenvalue weighted by molar-refractivity contribution is 6.36. The van der Waals surface area contributed by atoms with Gasteiger partial charge in [-0.05, 0) is 32.0 Å². The zero-order valence-corrected chi connectivity index (χ0v) is 12.2. The molecule has 1 atom stereocenters. The second-order valence-electron chi connectivity index (χ2n) is 4.56. The molecule has 19 heavy (non-hydrogen) atoms. The molecule has 2 aromatic rings. The molecule has 1 amide bonds. The Balaban J connectivity index is 2.45. The summed E-state index contributed by atoms with van der Waals surface area (Å²) in [6.07, 6.45) is 1.66. The van der Waals surface area contributed by atoms with E-state index >= 15 is 0 Å². The lowest BCUT2D eigenvalue weighted by Gasteiger charge is -2.15. The van der Waals surface area contributed by atoms with Crippen LogP contribution in [0.2, 0.25) is 5.02 Å². The highest BCUT2D eigenvalue weighted by atomic mass is 35.5. The number of halogens is 2. The van der Waals surface area contributed by atoms with E-state index in [-0.39, 0.29) is 11.9 Å². The third-order valence-electron chi connectivity index (χ3n) is 2.68. The second-order valence-corrected chi connectivity index (χ2v) is 5.41. The number of alkyl halides is 1. The average molecular weight is 297 g/mol. The molecule has 2 rings (SSSR count). The molecule has 0 fully saturated rings. The lowest BCUT2D eigenvalue weighted by molar-refractivity contribution is -0.121. The van der Waals surface area contributed by atoms with Gasteiger partial charge in [0.1, 0.15) is 5.38 Å². The number of rotatable bonds is 3. The van der Waals surface area contributed by atoms with Crippen molar-refractivity contribution in [2.24, 2.45) is 0 Å². The van der Waals surface area contributed by atoms with Crippen LogP contribution in [0.5, 0.6) is 0 Å². The molecule has 1 aromatic carbocycles. The highest BCUT2D eigenvalue weighted by Gasteiger charge is 2.21. The Labute approximate surface area is 121 Å². The molecule has 0 aliphatic rings. The molecule has 0 aliphatic carbocycles. The monoisotopic (exact) mass is 296 g/mol. The number of hydrogen-bond acceptors (Lipinski definition) is 2. The van der Waals surface area contributed by atoms with Crippen molar-refractivity contribution < 1.29 is 4.79 Å². The van der Waals surface area contributed by atoms with E-state index in [0.29, 0.717) is 16.1 Å². The number of fused-ring (bicyclic) bond motifs is 1. The van der Waals surface area contributed by atoms with E-state index in [0.717, 1.165) is 5.39 Å². The number of nitrogens with zero attached hydrogens (tertiary/aromatic N) is 1. The summed E-state index contributed by atoms with van der Waals surface area (Å²) in [6, 6.07) is 7.18. The van der Waals surface area contributed by atoms with Crippen LogP contribution in [0.1, 0.15) is 24.8 Å². The molecular formula is C14H14Cl2N2O. The van der Waals surface area contributed by atoms with Gasteiger partial charge >= 0.3 is 0 Å². The van der Waals surface area contributed by atoms with Gasteiger partial charge in [0.15, 0.2) is 0 Å². The first-order valence-electron chi connectivity index (χ1n) is 5.98. The average Bonchev–Trinajstić information content (AvgIpc) is 2.38. The summed E-state index contributed by atoms with van der Waals surface area (Å²) < 4.78 is 0. The maximum atomic E-state index is 12.0. The number of amides is 1. The van der Waals surface area contributed by atoms with E-state index in [2.05, 4.69) is 10.3 Å². The van der Waals surface area contributed by atoms with Gasteiger partial charge in [0.25, 0.3) is 0 Å². The number of carbonyl (C=O) groups excluding carboxylic acids is 1. The van der Waals surface area contributed by atoms with Crippen LogP contribution < -0.4 is 5.32 Å². The number of carbonyl (C=O) groups is 1. The molecule has 3 nitrogen and oxygen atoms in total. The van der Waals surface area contributed by atoms with Crippen molar-refractivity contribution >= 4 is 40.0 Å². The highest BCUT2D eigenvalue weighted by Crippen LogP contribution is 2.31. The van der Waals surface area contributed by atoms with Gasteiger partial charge in [-0.1, -0.05) is 17.7 Å². The van der Waals surface area contributed by atoms with Crippen LogP contribution in [0, 0.1) is 0 Å². The summed E-state index contributed by atoms with van der Waals surface area (Å²) in [7, 11) is 0. The Morgan fingerprint density at radius 1 is 1.32 bits per heavy atom. The molecule has 1 heterocycles. The normalized spacial score (nSPS) is 12.7. The smallest absolute Gasteiger partial charge is 0.242 e. The van der Waals surface area contributed by atoms with Crippen LogP contribution in [0.15, 0.2) is 30.5 Å². The first kappa shape index (κ1) is 14.1. The molecule has 1 unspecified atom stereocenters. The quantitative estimate of drug-likeness (QED) is 0.878. The van der Waals surface area contributed by atoms with E-state index in [4.69, 9.17) is 23.2 Å². The van der Waals surface area contributed by atoms with Crippen molar-refractivity contribution in [3.8, 4) is 0 Å². The third kappa shape index (κ3) is 2.99. The van der Waals surface area contributed by atoms with Gasteiger partial charge < -0.3 is 5.32 Å². The molecular weight excluding hydrogens is 283 g/mol. The van der Waals surface area contributed by atoms with Crippen molar-refractivity contribution in [1.29, 1.82) is 0 Å². The molecule has 0 spiro atoms. The summed E-state index contributed by atoms with van der Waals surface area (Å²) >= 11 is 12.4. The van der Waals surface area contributed by atoms with E-state index < -0.39 is 5.38 Å². The van der Waals surface area contributed by atoms with Gasteiger partial charge in [0, 0.05) is 28.2 Å². The van der Waals surface area contributed by atoms with Crippen molar-refractivity contribution in [3.05, 3.63) is 41.0 Å². The molecule has 0 saturated carbocycles. The van der Waals surface area contributed by atoms with Gasteiger partial charge in [-0.15, -0.1) is 11.6 Å². The zero-order chi connectivity index (χ0) is 14.0. The van der Waals surface area contributed by atoms with Crippen molar-refractivity contribution in [2.45, 2.75) is 25.3 Å². The largest absolute Gasteiger partial charge is 0.352 e. The van der Waals surface area contributed by atoms with Crippen LogP contribution in [-0.4, -0.2) is 16.9 Å². The predicted molar refractivity (Wildman–Crippen MR) is 78.6 cm³/mol. The summed E-state index contributed by atoms with van der Waals surface area (Å²) in [5, 5.41) is 3.40. The fourth-order valence-electron chi connectivity index (χ4n) is 1.86. The number of pyridine rings is 1.